The third kappa shape index (κ3) is 4.50. The molecule has 40 heavy (non-hydrogen) atoms. The Morgan fingerprint density at radius 2 is 1.50 bits per heavy atom. The molecule has 2 aromatic heterocycles. The number of rotatable bonds is 5. The van der Waals surface area contributed by atoms with E-state index in [1.807, 2.05) is 28.8 Å². The van der Waals surface area contributed by atoms with Gasteiger partial charge in [-0.05, 0) is 75.0 Å². The molecule has 2 aliphatic heterocycles. The molecule has 4 aliphatic rings. The van der Waals surface area contributed by atoms with E-state index in [2.05, 4.69) is 4.90 Å². The summed E-state index contributed by atoms with van der Waals surface area (Å²) in [5.74, 6) is 0.626. The lowest BCUT2D eigenvalue weighted by atomic mass is 9.76. The number of carbonyl (C=O) groups is 1. The number of benzene rings is 1. The standard InChI is InChI=1S/C32H38N4O4/c37-29-11-5-10-28(34(29)19-30(38)39)31-32(40)36(27-9-4-3-8-26(27)33-31)25-17-22-12-13-23(18-25)35(22)24-15-20-6-1-2-7-21(14-20)16-24/h3-5,8-11,20-25H,1-2,6-7,12-19H2,(H,38,39)/t20-,21+,22-,23+,24?,25-. The summed E-state index contributed by atoms with van der Waals surface area (Å²) in [5, 5.41) is 9.46. The fourth-order valence-corrected chi connectivity index (χ4v) is 8.81. The van der Waals surface area contributed by atoms with Crippen LogP contribution in [0.2, 0.25) is 0 Å². The van der Waals surface area contributed by atoms with Gasteiger partial charge < -0.3 is 9.67 Å². The third-order valence-corrected chi connectivity index (χ3v) is 10.3. The number of pyridine rings is 1. The van der Waals surface area contributed by atoms with Crippen LogP contribution in [0.25, 0.3) is 22.4 Å². The van der Waals surface area contributed by atoms with Crippen molar-refractivity contribution in [3.8, 4) is 11.4 Å². The van der Waals surface area contributed by atoms with E-state index < -0.39 is 18.1 Å². The minimum atomic E-state index is -1.14. The lowest BCUT2D eigenvalue weighted by Gasteiger charge is -2.48. The summed E-state index contributed by atoms with van der Waals surface area (Å²) in [7, 11) is 0. The molecule has 3 aromatic rings. The predicted molar refractivity (Wildman–Crippen MR) is 153 cm³/mol. The van der Waals surface area contributed by atoms with Crippen LogP contribution in [0.1, 0.15) is 76.7 Å². The first-order valence-corrected chi connectivity index (χ1v) is 15.2. The van der Waals surface area contributed by atoms with Crippen LogP contribution < -0.4 is 11.1 Å². The molecule has 0 amide bonds. The lowest BCUT2D eigenvalue weighted by molar-refractivity contribution is -0.137. The third-order valence-electron chi connectivity index (χ3n) is 10.3. The Morgan fingerprint density at radius 3 is 2.20 bits per heavy atom. The molecular formula is C32H38N4O4. The highest BCUT2D eigenvalue weighted by Gasteiger charge is 2.47. The number of nitrogens with zero attached hydrogens (tertiary/aromatic N) is 4. The molecule has 8 nitrogen and oxygen atoms in total. The van der Waals surface area contributed by atoms with E-state index >= 15 is 0 Å². The molecular weight excluding hydrogens is 504 g/mol. The van der Waals surface area contributed by atoms with Gasteiger partial charge in [-0.25, -0.2) is 4.98 Å². The number of carboxylic acid groups (broad SMARTS) is 1. The fourth-order valence-electron chi connectivity index (χ4n) is 8.81. The second-order valence-electron chi connectivity index (χ2n) is 12.7. The molecule has 1 N–H and O–H groups in total. The fraction of sp³-hybridized carbons (Fsp3) is 0.562. The Labute approximate surface area is 233 Å². The number of hydrogen-bond acceptors (Lipinski definition) is 5. The quantitative estimate of drug-likeness (QED) is 0.496. The van der Waals surface area contributed by atoms with Gasteiger partial charge in [0.25, 0.3) is 11.1 Å². The zero-order chi connectivity index (χ0) is 27.4. The van der Waals surface area contributed by atoms with Crippen LogP contribution in [-0.2, 0) is 11.3 Å². The number of aromatic nitrogens is 3. The molecule has 6 atom stereocenters. The first kappa shape index (κ1) is 25.7. The number of para-hydroxylation sites is 2. The van der Waals surface area contributed by atoms with Crippen molar-refractivity contribution in [1.29, 1.82) is 0 Å². The van der Waals surface area contributed by atoms with Gasteiger partial charge in [0.2, 0.25) is 0 Å². The van der Waals surface area contributed by atoms with Crippen LogP contribution >= 0.6 is 0 Å². The van der Waals surface area contributed by atoms with Gasteiger partial charge in [-0.3, -0.25) is 23.9 Å². The summed E-state index contributed by atoms with van der Waals surface area (Å²) >= 11 is 0. The number of piperidine rings is 1. The van der Waals surface area contributed by atoms with Gasteiger partial charge in [0.05, 0.1) is 16.7 Å². The van der Waals surface area contributed by atoms with E-state index in [0.717, 1.165) is 34.8 Å². The van der Waals surface area contributed by atoms with E-state index in [9.17, 15) is 19.5 Å². The number of fused-ring (bicyclic) bond motifs is 5. The van der Waals surface area contributed by atoms with Gasteiger partial charge in [-0.1, -0.05) is 43.9 Å². The van der Waals surface area contributed by atoms with Crippen molar-refractivity contribution in [1.82, 2.24) is 19.0 Å². The Morgan fingerprint density at radius 1 is 0.800 bits per heavy atom. The molecule has 1 aromatic carbocycles. The average molecular weight is 543 g/mol. The smallest absolute Gasteiger partial charge is 0.323 e. The van der Waals surface area contributed by atoms with Gasteiger partial charge in [0, 0.05) is 30.2 Å². The summed E-state index contributed by atoms with van der Waals surface area (Å²) < 4.78 is 3.06. The van der Waals surface area contributed by atoms with Crippen LogP contribution in [0.5, 0.6) is 0 Å². The van der Waals surface area contributed by atoms with Crippen LogP contribution in [0.3, 0.4) is 0 Å². The highest BCUT2D eigenvalue weighted by atomic mass is 16.4. The minimum absolute atomic E-state index is 0.0436. The van der Waals surface area contributed by atoms with Crippen molar-refractivity contribution >= 4 is 17.0 Å². The van der Waals surface area contributed by atoms with E-state index in [1.54, 1.807) is 12.1 Å². The van der Waals surface area contributed by atoms with Gasteiger partial charge in [0.1, 0.15) is 6.54 Å². The molecule has 2 saturated heterocycles. The monoisotopic (exact) mass is 542 g/mol. The molecule has 4 bridgehead atoms. The van der Waals surface area contributed by atoms with Crippen molar-refractivity contribution in [3.05, 3.63) is 63.2 Å². The normalized spacial score (nSPS) is 30.3. The highest BCUT2D eigenvalue weighted by molar-refractivity contribution is 5.78. The van der Waals surface area contributed by atoms with Crippen molar-refractivity contribution in [2.24, 2.45) is 11.8 Å². The van der Waals surface area contributed by atoms with Crippen LogP contribution in [0, 0.1) is 11.8 Å². The van der Waals surface area contributed by atoms with Crippen molar-refractivity contribution in [3.63, 3.8) is 0 Å². The van der Waals surface area contributed by atoms with Crippen LogP contribution in [0.15, 0.2) is 52.1 Å². The zero-order valence-corrected chi connectivity index (χ0v) is 23.0. The summed E-state index contributed by atoms with van der Waals surface area (Å²) in [5.41, 5.74) is 1.18. The van der Waals surface area contributed by atoms with Gasteiger partial charge in [-0.15, -0.1) is 0 Å². The van der Waals surface area contributed by atoms with Gasteiger partial charge in [-0.2, -0.15) is 0 Å². The maximum atomic E-state index is 14.2. The van der Waals surface area contributed by atoms with Crippen LogP contribution in [-0.4, -0.2) is 48.2 Å². The first-order chi connectivity index (χ1) is 19.5. The Bertz CT molecular complexity index is 1530. The SMILES string of the molecule is O=C(O)Cn1c(-c2nc3ccccc3n([C@@H]3C[C@H]4CC[C@@H](C3)N4C3C[C@H]4CCCC[C@@H](C3)C4)c2=O)cccc1=O. The highest BCUT2D eigenvalue weighted by Crippen LogP contribution is 2.48. The second-order valence-corrected chi connectivity index (χ2v) is 12.7. The molecule has 1 unspecified atom stereocenters. The average Bonchev–Trinajstić information content (AvgIpc) is 3.09. The first-order valence-electron chi connectivity index (χ1n) is 15.2. The lowest BCUT2D eigenvalue weighted by Crippen LogP contribution is -2.52. The Hall–Kier alpha value is -3.26. The summed E-state index contributed by atoms with van der Waals surface area (Å²) in [6, 6.07) is 13.9. The molecule has 8 heteroatoms. The van der Waals surface area contributed by atoms with Gasteiger partial charge in [0.15, 0.2) is 5.69 Å². The van der Waals surface area contributed by atoms with Gasteiger partial charge >= 0.3 is 5.97 Å². The van der Waals surface area contributed by atoms with Crippen molar-refractivity contribution in [2.45, 2.75) is 101 Å². The number of hydrogen-bond donors (Lipinski definition) is 1. The van der Waals surface area contributed by atoms with E-state index in [0.29, 0.717) is 23.6 Å². The largest absolute Gasteiger partial charge is 0.480 e. The Balaban J connectivity index is 1.26. The number of carboxylic acids is 1. The molecule has 7 rings (SSSR count). The van der Waals surface area contributed by atoms with E-state index in [4.69, 9.17) is 4.98 Å². The van der Waals surface area contributed by atoms with Crippen molar-refractivity contribution < 1.29 is 9.90 Å². The molecule has 4 fully saturated rings. The van der Waals surface area contributed by atoms with Crippen molar-refractivity contribution in [2.75, 3.05) is 0 Å². The Kier molecular flexibility index (Phi) is 6.61. The minimum Gasteiger partial charge on any atom is -0.480 e. The summed E-state index contributed by atoms with van der Waals surface area (Å²) in [6.45, 7) is -0.519. The molecule has 0 radical (unpaired) electrons. The molecule has 4 heterocycles. The molecule has 0 spiro atoms. The van der Waals surface area contributed by atoms with E-state index in [-0.39, 0.29) is 23.0 Å². The molecule has 2 aliphatic carbocycles. The maximum absolute atomic E-state index is 14.2. The number of aliphatic carboxylic acids is 1. The summed E-state index contributed by atoms with van der Waals surface area (Å²) in [4.78, 5) is 46.0. The molecule has 210 valence electrons. The zero-order valence-electron chi connectivity index (χ0n) is 23.0. The summed E-state index contributed by atoms with van der Waals surface area (Å²) in [6.07, 6.45) is 13.9. The molecule has 2 saturated carbocycles. The topological polar surface area (TPSA) is 97.4 Å². The van der Waals surface area contributed by atoms with Crippen LogP contribution in [0.4, 0.5) is 0 Å². The predicted octanol–water partition coefficient (Wildman–Crippen LogP) is 4.84. The van der Waals surface area contributed by atoms with E-state index in [1.165, 1.54) is 63.9 Å². The maximum Gasteiger partial charge on any atom is 0.323 e. The second kappa shape index (κ2) is 10.3.